The van der Waals surface area contributed by atoms with Crippen molar-refractivity contribution in [1.29, 1.82) is 5.26 Å². The highest BCUT2D eigenvalue weighted by atomic mass is 79.9. The zero-order valence-electron chi connectivity index (χ0n) is 12.5. The van der Waals surface area contributed by atoms with Gasteiger partial charge >= 0.3 is 0 Å². The Bertz CT molecular complexity index is 779. The minimum atomic E-state index is -0.437. The topological polar surface area (TPSA) is 73.1 Å². The predicted molar refractivity (Wildman–Crippen MR) is 92.4 cm³/mol. The molecule has 0 aliphatic heterocycles. The number of nitrogens with zero attached hydrogens (tertiary/aromatic N) is 1. The minimum absolute atomic E-state index is 0.00497. The Morgan fingerprint density at radius 1 is 1.30 bits per heavy atom. The number of nitrogens with one attached hydrogen (secondary N) is 1. The van der Waals surface area contributed by atoms with Crippen LogP contribution in [0.2, 0.25) is 0 Å². The third kappa shape index (κ3) is 4.44. The molecule has 23 heavy (non-hydrogen) atoms. The maximum absolute atomic E-state index is 12.3. The first-order chi connectivity index (χ1) is 11.0. The molecule has 116 valence electrons. The smallest absolute Gasteiger partial charge is 0.262 e. The molecule has 1 unspecified atom stereocenters. The summed E-state index contributed by atoms with van der Waals surface area (Å²) in [6.07, 6.45) is 1.48. The van der Waals surface area contributed by atoms with Gasteiger partial charge < -0.3 is 10.4 Å². The summed E-state index contributed by atoms with van der Waals surface area (Å²) < 4.78 is 0.501. The lowest BCUT2D eigenvalue weighted by Gasteiger charge is -2.13. The molecule has 1 atom stereocenters. The van der Waals surface area contributed by atoms with Gasteiger partial charge in [0.05, 0.1) is 10.5 Å². The van der Waals surface area contributed by atoms with Crippen LogP contribution < -0.4 is 5.32 Å². The molecule has 4 nitrogen and oxygen atoms in total. The molecule has 0 aromatic heterocycles. The Kier molecular flexibility index (Phi) is 5.56. The lowest BCUT2D eigenvalue weighted by atomic mass is 10.1. The van der Waals surface area contributed by atoms with Crippen LogP contribution in [0, 0.1) is 11.3 Å². The molecule has 0 radical (unpaired) electrons. The fourth-order valence-corrected chi connectivity index (χ4v) is 2.42. The van der Waals surface area contributed by atoms with E-state index in [4.69, 9.17) is 0 Å². The second kappa shape index (κ2) is 7.61. The van der Waals surface area contributed by atoms with Crippen LogP contribution >= 0.6 is 15.9 Å². The van der Waals surface area contributed by atoms with Crippen LogP contribution in [0.1, 0.15) is 24.1 Å². The molecule has 2 rings (SSSR count). The van der Waals surface area contributed by atoms with Crippen LogP contribution in [0.25, 0.3) is 6.08 Å². The van der Waals surface area contributed by atoms with E-state index in [1.165, 1.54) is 12.1 Å². The van der Waals surface area contributed by atoms with Gasteiger partial charge in [0.15, 0.2) is 0 Å². The zero-order valence-corrected chi connectivity index (χ0v) is 14.0. The third-order valence-corrected chi connectivity index (χ3v) is 3.93. The summed E-state index contributed by atoms with van der Waals surface area (Å²) in [5.74, 6) is -0.337. The van der Waals surface area contributed by atoms with E-state index in [-0.39, 0.29) is 17.4 Å². The van der Waals surface area contributed by atoms with E-state index < -0.39 is 5.91 Å². The average Bonchev–Trinajstić information content (AvgIpc) is 2.56. The van der Waals surface area contributed by atoms with Crippen molar-refractivity contribution < 1.29 is 9.90 Å². The normalized spacial score (nSPS) is 12.3. The van der Waals surface area contributed by atoms with E-state index in [0.717, 1.165) is 5.56 Å². The number of amides is 1. The Labute approximate surface area is 143 Å². The van der Waals surface area contributed by atoms with Gasteiger partial charge in [-0.1, -0.05) is 36.4 Å². The van der Waals surface area contributed by atoms with Gasteiger partial charge in [-0.15, -0.1) is 0 Å². The summed E-state index contributed by atoms with van der Waals surface area (Å²) in [5, 5.41) is 21.5. The van der Waals surface area contributed by atoms with Crippen molar-refractivity contribution in [3.8, 4) is 11.8 Å². The number of carbonyl (C=O) groups is 1. The number of phenols is 1. The molecular formula is C18H15BrN2O2. The molecule has 5 heteroatoms. The van der Waals surface area contributed by atoms with E-state index in [9.17, 15) is 15.2 Å². The van der Waals surface area contributed by atoms with E-state index in [0.29, 0.717) is 10.0 Å². The van der Waals surface area contributed by atoms with Crippen LogP contribution in [-0.4, -0.2) is 11.0 Å². The first kappa shape index (κ1) is 16.8. The lowest BCUT2D eigenvalue weighted by Crippen LogP contribution is -2.27. The highest BCUT2D eigenvalue weighted by Gasteiger charge is 2.13. The number of halogens is 1. The molecule has 1 amide bonds. The fraction of sp³-hybridized carbons (Fsp3) is 0.111. The van der Waals surface area contributed by atoms with Crippen molar-refractivity contribution in [2.75, 3.05) is 0 Å². The Balaban J connectivity index is 2.17. The number of aromatic hydroxyl groups is 1. The van der Waals surface area contributed by atoms with E-state index in [1.54, 1.807) is 12.1 Å². The van der Waals surface area contributed by atoms with Crippen LogP contribution in [0.4, 0.5) is 0 Å². The molecule has 0 aliphatic carbocycles. The molecule has 2 N–H and O–H groups in total. The van der Waals surface area contributed by atoms with Gasteiger partial charge in [-0.05, 0) is 52.2 Å². The second-order valence-electron chi connectivity index (χ2n) is 4.99. The zero-order chi connectivity index (χ0) is 16.8. The van der Waals surface area contributed by atoms with Gasteiger partial charge in [0.1, 0.15) is 17.4 Å². The molecule has 0 heterocycles. The monoisotopic (exact) mass is 370 g/mol. The van der Waals surface area contributed by atoms with Crippen molar-refractivity contribution in [1.82, 2.24) is 5.32 Å². The summed E-state index contributed by atoms with van der Waals surface area (Å²) >= 11 is 3.20. The third-order valence-electron chi connectivity index (χ3n) is 3.29. The first-order valence-corrected chi connectivity index (χ1v) is 7.76. The maximum atomic E-state index is 12.3. The highest BCUT2D eigenvalue weighted by molar-refractivity contribution is 9.10. The largest absolute Gasteiger partial charge is 0.507 e. The molecule has 2 aromatic carbocycles. The quantitative estimate of drug-likeness (QED) is 0.632. The summed E-state index contributed by atoms with van der Waals surface area (Å²) in [6.45, 7) is 1.86. The Hall–Kier alpha value is -2.58. The van der Waals surface area contributed by atoms with Gasteiger partial charge in [-0.2, -0.15) is 5.26 Å². The van der Waals surface area contributed by atoms with Crippen molar-refractivity contribution in [3.05, 3.63) is 69.7 Å². The van der Waals surface area contributed by atoms with E-state index in [1.807, 2.05) is 43.3 Å². The fourth-order valence-electron chi connectivity index (χ4n) is 2.03. The summed E-state index contributed by atoms with van der Waals surface area (Å²) in [5.41, 5.74) is 1.62. The van der Waals surface area contributed by atoms with Gasteiger partial charge in [0, 0.05) is 0 Å². The van der Waals surface area contributed by atoms with Gasteiger partial charge in [-0.3, -0.25) is 4.79 Å². The van der Waals surface area contributed by atoms with Crippen molar-refractivity contribution in [2.24, 2.45) is 0 Å². The van der Waals surface area contributed by atoms with Crippen molar-refractivity contribution in [3.63, 3.8) is 0 Å². The Morgan fingerprint density at radius 2 is 2.00 bits per heavy atom. The van der Waals surface area contributed by atoms with Crippen LogP contribution in [-0.2, 0) is 4.79 Å². The van der Waals surface area contributed by atoms with Gasteiger partial charge in [0.2, 0.25) is 0 Å². The number of nitriles is 1. The standard InChI is InChI=1S/C18H15BrN2O2/c1-12(14-5-3-2-4-6-14)21-18(23)15(11-20)9-13-7-8-17(22)16(19)10-13/h2-10,12,22H,1H3,(H,21,23)/b15-9-. The maximum Gasteiger partial charge on any atom is 0.262 e. The molecule has 0 saturated carbocycles. The lowest BCUT2D eigenvalue weighted by molar-refractivity contribution is -0.117. The summed E-state index contributed by atoms with van der Waals surface area (Å²) in [4.78, 5) is 12.3. The number of hydrogen-bond donors (Lipinski definition) is 2. The minimum Gasteiger partial charge on any atom is -0.507 e. The average molecular weight is 371 g/mol. The van der Waals surface area contributed by atoms with Crippen LogP contribution in [0.15, 0.2) is 58.6 Å². The molecule has 0 fully saturated rings. The van der Waals surface area contributed by atoms with Gasteiger partial charge in [-0.25, -0.2) is 0 Å². The molecule has 2 aromatic rings. The highest BCUT2D eigenvalue weighted by Crippen LogP contribution is 2.25. The summed E-state index contributed by atoms with van der Waals surface area (Å²) in [6, 6.07) is 16.0. The predicted octanol–water partition coefficient (Wildman–Crippen LogP) is 3.94. The van der Waals surface area contributed by atoms with E-state index >= 15 is 0 Å². The molecule has 0 saturated heterocycles. The van der Waals surface area contributed by atoms with Crippen molar-refractivity contribution >= 4 is 27.9 Å². The number of rotatable bonds is 4. The number of benzene rings is 2. The molecule has 0 aliphatic rings. The number of hydrogen-bond acceptors (Lipinski definition) is 3. The second-order valence-corrected chi connectivity index (χ2v) is 5.84. The van der Waals surface area contributed by atoms with Crippen molar-refractivity contribution in [2.45, 2.75) is 13.0 Å². The molecular weight excluding hydrogens is 356 g/mol. The summed E-state index contributed by atoms with van der Waals surface area (Å²) in [7, 11) is 0. The molecule has 0 spiro atoms. The SMILES string of the molecule is CC(NC(=O)/C(C#N)=C\c1ccc(O)c(Br)c1)c1ccccc1. The van der Waals surface area contributed by atoms with Gasteiger partial charge in [0.25, 0.3) is 5.91 Å². The molecule has 0 bridgehead atoms. The Morgan fingerprint density at radius 3 is 2.61 bits per heavy atom. The number of carbonyl (C=O) groups excluding carboxylic acids is 1. The van der Waals surface area contributed by atoms with E-state index in [2.05, 4.69) is 21.2 Å². The van der Waals surface area contributed by atoms with Crippen LogP contribution in [0.5, 0.6) is 5.75 Å². The number of phenolic OH excluding ortho intramolecular Hbond substituents is 1. The van der Waals surface area contributed by atoms with Crippen LogP contribution in [0.3, 0.4) is 0 Å². The first-order valence-electron chi connectivity index (χ1n) is 6.97.